The number of sulfonamides is 1. The molecule has 0 spiro atoms. The number of aliphatic hydroxyl groups is 1. The van der Waals surface area contributed by atoms with Crippen molar-refractivity contribution >= 4 is 59.8 Å². The highest BCUT2D eigenvalue weighted by molar-refractivity contribution is 7.89. The summed E-state index contributed by atoms with van der Waals surface area (Å²) in [6.07, 6.45) is -3.39. The molecule has 4 rings (SSSR count). The Bertz CT molecular complexity index is 1640. The number of phenolic OH excluding ortho intramolecular Hbond substituents is 1. The number of H-pyrrole nitrogens is 1. The SMILES string of the molecule is Bc1c(Cl)c(Oc2ccc(O)c(S(=O)(=O)N[C@H]3C[C@H](O)C3)c2)c(Cl)c(B)c1-n1nc(C(F)F)c(=O)[nH]c1=O. The van der Waals surface area contributed by atoms with Crippen LogP contribution in [-0.2, 0) is 10.0 Å². The number of benzene rings is 2. The molecule has 0 aliphatic heterocycles. The van der Waals surface area contributed by atoms with E-state index in [9.17, 15) is 37.0 Å². The van der Waals surface area contributed by atoms with E-state index in [2.05, 4.69) is 9.82 Å². The van der Waals surface area contributed by atoms with Gasteiger partial charge in [-0.1, -0.05) is 23.2 Å². The first-order chi connectivity index (χ1) is 17.7. The maximum Gasteiger partial charge on any atom is 0.349 e. The number of nitrogens with zero attached hydrogens (tertiary/aromatic N) is 2. The number of aromatic hydroxyl groups is 1. The molecule has 2 aromatic carbocycles. The van der Waals surface area contributed by atoms with Gasteiger partial charge in [-0.2, -0.15) is 9.78 Å². The molecule has 1 aliphatic rings. The molecule has 0 unspecified atom stereocenters. The van der Waals surface area contributed by atoms with Crippen LogP contribution in [-0.4, -0.2) is 61.2 Å². The van der Waals surface area contributed by atoms with Crippen LogP contribution in [0.1, 0.15) is 25.0 Å². The third kappa shape index (κ3) is 5.18. The molecule has 4 N–H and O–H groups in total. The second kappa shape index (κ2) is 10.3. The Morgan fingerprint density at radius 3 is 2.34 bits per heavy atom. The van der Waals surface area contributed by atoms with Gasteiger partial charge in [0.2, 0.25) is 10.0 Å². The first-order valence-electron chi connectivity index (χ1n) is 10.9. The first kappa shape index (κ1) is 28.1. The van der Waals surface area contributed by atoms with Gasteiger partial charge in [0.1, 0.15) is 32.1 Å². The average molecular weight is 589 g/mol. The van der Waals surface area contributed by atoms with Gasteiger partial charge in [0.05, 0.1) is 21.8 Å². The quantitative estimate of drug-likeness (QED) is 0.255. The molecule has 1 heterocycles. The normalized spacial score (nSPS) is 17.4. The van der Waals surface area contributed by atoms with Crippen LogP contribution in [0.4, 0.5) is 8.78 Å². The maximum absolute atomic E-state index is 13.2. The molecule has 1 fully saturated rings. The number of ether oxygens (including phenoxy) is 1. The predicted octanol–water partition coefficient (Wildman–Crippen LogP) is -1.02. The highest BCUT2D eigenvalue weighted by Gasteiger charge is 2.33. The van der Waals surface area contributed by atoms with Crippen molar-refractivity contribution < 1.29 is 32.1 Å². The zero-order valence-electron chi connectivity index (χ0n) is 19.6. The van der Waals surface area contributed by atoms with Crippen LogP contribution in [0.3, 0.4) is 0 Å². The van der Waals surface area contributed by atoms with Gasteiger partial charge in [-0.25, -0.2) is 26.7 Å². The summed E-state index contributed by atoms with van der Waals surface area (Å²) in [7, 11) is -1.32. The van der Waals surface area contributed by atoms with E-state index in [0.717, 1.165) is 12.1 Å². The van der Waals surface area contributed by atoms with Gasteiger partial charge in [0, 0.05) is 12.1 Å². The zero-order valence-corrected chi connectivity index (χ0v) is 22.0. The fourth-order valence-electron chi connectivity index (χ4n) is 3.90. The van der Waals surface area contributed by atoms with Crippen LogP contribution in [0.5, 0.6) is 17.2 Å². The topological polar surface area (TPSA) is 164 Å². The van der Waals surface area contributed by atoms with E-state index in [1.165, 1.54) is 21.8 Å². The Hall–Kier alpha value is -2.91. The Morgan fingerprint density at radius 2 is 1.79 bits per heavy atom. The number of nitrogens with one attached hydrogen (secondary N) is 2. The molecule has 1 aromatic heterocycles. The lowest BCUT2D eigenvalue weighted by Crippen LogP contribution is -2.46. The zero-order chi connectivity index (χ0) is 28.1. The molecule has 11 nitrogen and oxygen atoms in total. The van der Waals surface area contributed by atoms with Crippen molar-refractivity contribution in [1.29, 1.82) is 0 Å². The van der Waals surface area contributed by atoms with E-state index in [1.807, 2.05) is 0 Å². The molecule has 0 radical (unpaired) electrons. The highest BCUT2D eigenvalue weighted by Crippen LogP contribution is 2.37. The number of rotatable bonds is 7. The van der Waals surface area contributed by atoms with Gasteiger partial charge in [-0.3, -0.25) is 9.78 Å². The number of hydrogen-bond acceptors (Lipinski definition) is 8. The third-order valence-corrected chi connectivity index (χ3v) is 8.37. The van der Waals surface area contributed by atoms with Crippen LogP contribution in [0.2, 0.25) is 10.0 Å². The van der Waals surface area contributed by atoms with Crippen molar-refractivity contribution in [2.45, 2.75) is 36.3 Å². The summed E-state index contributed by atoms with van der Waals surface area (Å²) in [5.74, 6) is -0.780. The molecule has 0 bridgehead atoms. The van der Waals surface area contributed by atoms with Crippen molar-refractivity contribution in [1.82, 2.24) is 19.5 Å². The van der Waals surface area contributed by atoms with Crippen LogP contribution in [0.25, 0.3) is 5.69 Å². The lowest BCUT2D eigenvalue weighted by molar-refractivity contribution is 0.0712. The van der Waals surface area contributed by atoms with Crippen molar-refractivity contribution in [2.75, 3.05) is 0 Å². The van der Waals surface area contributed by atoms with E-state index < -0.39 is 56.2 Å². The molecular formula is C20H18B2Cl2F2N4O7S. The minimum absolute atomic E-state index is 0.0728. The second-order valence-corrected chi connectivity index (χ2v) is 11.0. The summed E-state index contributed by atoms with van der Waals surface area (Å²) >= 11 is 12.9. The monoisotopic (exact) mass is 588 g/mol. The van der Waals surface area contributed by atoms with Crippen LogP contribution < -0.4 is 31.6 Å². The predicted molar refractivity (Wildman–Crippen MR) is 139 cm³/mol. The number of alkyl halides is 2. The molecule has 200 valence electrons. The molecule has 0 saturated heterocycles. The molecule has 3 aromatic rings. The molecule has 1 aliphatic carbocycles. The Kier molecular flexibility index (Phi) is 7.65. The number of aliphatic hydroxyl groups excluding tert-OH is 1. The number of halogens is 4. The first-order valence-corrected chi connectivity index (χ1v) is 13.2. The molecule has 18 heteroatoms. The van der Waals surface area contributed by atoms with Crippen LogP contribution >= 0.6 is 23.2 Å². The largest absolute Gasteiger partial charge is 0.507 e. The molecular weight excluding hydrogens is 571 g/mol. The lowest BCUT2D eigenvalue weighted by Gasteiger charge is -2.31. The van der Waals surface area contributed by atoms with Crippen molar-refractivity contribution in [2.24, 2.45) is 0 Å². The lowest BCUT2D eigenvalue weighted by atomic mass is 9.84. The minimum Gasteiger partial charge on any atom is -0.507 e. The van der Waals surface area contributed by atoms with E-state index >= 15 is 0 Å². The summed E-state index contributed by atoms with van der Waals surface area (Å²) in [6.45, 7) is 0. The van der Waals surface area contributed by atoms with Gasteiger partial charge in [0.15, 0.2) is 11.4 Å². The third-order valence-electron chi connectivity index (χ3n) is 5.92. The van der Waals surface area contributed by atoms with E-state index in [1.54, 1.807) is 4.98 Å². The number of aromatic amines is 1. The smallest absolute Gasteiger partial charge is 0.349 e. The molecule has 38 heavy (non-hydrogen) atoms. The molecule has 0 amide bonds. The van der Waals surface area contributed by atoms with Gasteiger partial charge < -0.3 is 14.9 Å². The average Bonchev–Trinajstić information content (AvgIpc) is 2.81. The molecule has 0 atom stereocenters. The molecule has 1 saturated carbocycles. The summed E-state index contributed by atoms with van der Waals surface area (Å²) in [5.41, 5.74) is -3.44. The standard InChI is InChI=1S/C20H18B2Cl2F2N4O7S/c21-11-13(23)17(14(24)12(22)16(11)30-20(34)27-19(33)15(28-30)18(25)26)37-8-1-2-9(32)10(5-8)38(35,36)29-6-3-7(31)4-6/h1-2,5-7,18,29,31-32H,3-4,21-22H2,(H,27,33,34)/t6-,7-. The maximum atomic E-state index is 13.2. The van der Waals surface area contributed by atoms with Crippen molar-refractivity contribution in [3.05, 3.63) is 54.8 Å². The second-order valence-electron chi connectivity index (χ2n) is 8.59. The number of phenols is 1. The van der Waals surface area contributed by atoms with E-state index in [-0.39, 0.29) is 51.0 Å². The van der Waals surface area contributed by atoms with E-state index in [4.69, 9.17) is 27.9 Å². The number of hydrogen-bond donors (Lipinski definition) is 4. The van der Waals surface area contributed by atoms with Gasteiger partial charge in [0.25, 0.3) is 12.0 Å². The fourth-order valence-corrected chi connectivity index (χ4v) is 5.76. The summed E-state index contributed by atoms with van der Waals surface area (Å²) in [4.78, 5) is 25.4. The Morgan fingerprint density at radius 1 is 1.18 bits per heavy atom. The summed E-state index contributed by atoms with van der Waals surface area (Å²) in [5, 5.41) is 22.7. The van der Waals surface area contributed by atoms with Gasteiger partial charge in [-0.15, -0.1) is 0 Å². The van der Waals surface area contributed by atoms with Crippen LogP contribution in [0.15, 0.2) is 32.7 Å². The summed E-state index contributed by atoms with van der Waals surface area (Å²) in [6, 6.07) is 2.90. The van der Waals surface area contributed by atoms with Gasteiger partial charge >= 0.3 is 5.69 Å². The van der Waals surface area contributed by atoms with E-state index in [0.29, 0.717) is 4.68 Å². The summed E-state index contributed by atoms with van der Waals surface area (Å²) < 4.78 is 60.7. The minimum atomic E-state index is -4.18. The van der Waals surface area contributed by atoms with Crippen molar-refractivity contribution in [3.63, 3.8) is 0 Å². The Balaban J connectivity index is 1.75. The fraction of sp³-hybridized carbons (Fsp3) is 0.250. The van der Waals surface area contributed by atoms with Gasteiger partial charge in [-0.05, 0) is 35.9 Å². The van der Waals surface area contributed by atoms with Crippen LogP contribution in [0, 0.1) is 0 Å². The number of aromatic nitrogens is 3. The van der Waals surface area contributed by atoms with Crippen molar-refractivity contribution in [3.8, 4) is 22.9 Å². The highest BCUT2D eigenvalue weighted by atomic mass is 35.5. The Labute approximate surface area is 225 Å².